The Morgan fingerprint density at radius 2 is 1.95 bits per heavy atom. The first-order valence-electron chi connectivity index (χ1n) is 5.49. The maximum Gasteiger partial charge on any atom is 0.233 e. The molecule has 0 saturated carbocycles. The van der Waals surface area contributed by atoms with Crippen molar-refractivity contribution in [3.63, 3.8) is 0 Å². The Kier molecular flexibility index (Phi) is 5.57. The molecule has 9 heteroatoms. The van der Waals surface area contributed by atoms with Crippen molar-refractivity contribution in [2.24, 2.45) is 0 Å². The summed E-state index contributed by atoms with van der Waals surface area (Å²) in [4.78, 5) is 3.75. The van der Waals surface area contributed by atoms with Crippen molar-refractivity contribution in [1.29, 1.82) is 0 Å². The molecule has 1 aromatic heterocycles. The van der Waals surface area contributed by atoms with E-state index < -0.39 is 30.4 Å². The van der Waals surface area contributed by atoms with Crippen molar-refractivity contribution < 1.29 is 21.6 Å². The van der Waals surface area contributed by atoms with Gasteiger partial charge in [0.15, 0.2) is 20.6 Å². The van der Waals surface area contributed by atoms with Crippen molar-refractivity contribution in [2.75, 3.05) is 18.1 Å². The van der Waals surface area contributed by atoms with Crippen molar-refractivity contribution in [2.45, 2.75) is 18.4 Å². The van der Waals surface area contributed by atoms with E-state index in [1.807, 2.05) is 6.92 Å². The third kappa shape index (κ3) is 5.33. The highest BCUT2D eigenvalue weighted by molar-refractivity contribution is 8.14. The first kappa shape index (κ1) is 16.2. The molecule has 19 heavy (non-hydrogen) atoms. The fourth-order valence-electron chi connectivity index (χ4n) is 1.24. The van der Waals surface area contributed by atoms with Gasteiger partial charge in [-0.05, 0) is 18.6 Å². The number of ether oxygens (including phenoxy) is 1. The molecule has 0 atom stereocenters. The summed E-state index contributed by atoms with van der Waals surface area (Å²) in [5.74, 6) is -1.17. The number of hydrogen-bond acceptors (Lipinski definition) is 6. The molecule has 0 radical (unpaired) electrons. The topological polar surface area (TPSA) is 90.4 Å². The van der Waals surface area contributed by atoms with Gasteiger partial charge in [-0.3, -0.25) is 0 Å². The van der Waals surface area contributed by atoms with Crippen LogP contribution in [0.2, 0.25) is 0 Å². The molecule has 0 aliphatic heterocycles. The van der Waals surface area contributed by atoms with Crippen LogP contribution >= 0.6 is 10.7 Å². The summed E-state index contributed by atoms with van der Waals surface area (Å²) in [6, 6.07) is 3.02. The first-order chi connectivity index (χ1) is 8.76. The fraction of sp³-hybridized carbons (Fsp3) is 0.500. The Hall–Kier alpha value is -0.860. The van der Waals surface area contributed by atoms with Crippen molar-refractivity contribution >= 4 is 29.6 Å². The van der Waals surface area contributed by atoms with E-state index in [0.29, 0.717) is 13.0 Å². The monoisotopic (exact) mass is 327 g/mol. The van der Waals surface area contributed by atoms with E-state index in [4.69, 9.17) is 15.4 Å². The van der Waals surface area contributed by atoms with E-state index in [0.717, 1.165) is 0 Å². The lowest BCUT2D eigenvalue weighted by atomic mass is 10.4. The van der Waals surface area contributed by atoms with Gasteiger partial charge >= 0.3 is 0 Å². The maximum atomic E-state index is 12.0. The third-order valence-electron chi connectivity index (χ3n) is 2.09. The summed E-state index contributed by atoms with van der Waals surface area (Å²) >= 11 is 0. The Morgan fingerprint density at radius 1 is 1.26 bits per heavy atom. The van der Waals surface area contributed by atoms with Crippen LogP contribution in [0, 0.1) is 0 Å². The third-order valence-corrected chi connectivity index (χ3v) is 5.14. The smallest absolute Gasteiger partial charge is 0.233 e. The van der Waals surface area contributed by atoms with E-state index in [1.165, 1.54) is 12.3 Å². The number of aromatic nitrogens is 1. The van der Waals surface area contributed by atoms with Gasteiger partial charge in [0.05, 0.1) is 18.1 Å². The predicted molar refractivity (Wildman–Crippen MR) is 71.7 cm³/mol. The highest BCUT2D eigenvalue weighted by Gasteiger charge is 2.23. The largest absolute Gasteiger partial charge is 0.491 e. The number of sulfone groups is 1. The number of pyridine rings is 1. The summed E-state index contributed by atoms with van der Waals surface area (Å²) < 4.78 is 50.9. The molecule has 6 nitrogen and oxygen atoms in total. The minimum absolute atomic E-state index is 0.122. The summed E-state index contributed by atoms with van der Waals surface area (Å²) in [6.07, 6.45) is 2.02. The summed E-state index contributed by atoms with van der Waals surface area (Å²) in [7, 11) is -2.72. The first-order valence-corrected chi connectivity index (χ1v) is 9.62. The average molecular weight is 328 g/mol. The zero-order valence-electron chi connectivity index (χ0n) is 10.2. The van der Waals surface area contributed by atoms with Crippen LogP contribution < -0.4 is 4.74 Å². The minimum atomic E-state index is -3.87. The summed E-state index contributed by atoms with van der Waals surface area (Å²) in [6.45, 7) is 2.23. The highest BCUT2D eigenvalue weighted by atomic mass is 35.7. The predicted octanol–water partition coefficient (Wildman–Crippen LogP) is 1.21. The van der Waals surface area contributed by atoms with Gasteiger partial charge in [-0.2, -0.15) is 0 Å². The molecule has 0 fully saturated rings. The maximum absolute atomic E-state index is 12.0. The second kappa shape index (κ2) is 6.53. The van der Waals surface area contributed by atoms with E-state index in [9.17, 15) is 16.8 Å². The molecule has 108 valence electrons. The number of nitrogens with zero attached hydrogens (tertiary/aromatic N) is 1. The van der Waals surface area contributed by atoms with Crippen LogP contribution in [0.1, 0.15) is 13.3 Å². The lowest BCUT2D eigenvalue weighted by Gasteiger charge is -2.09. The molecule has 1 aromatic rings. The van der Waals surface area contributed by atoms with Gasteiger partial charge in [-0.1, -0.05) is 6.92 Å². The second-order valence-corrected chi connectivity index (χ2v) is 8.64. The number of halogens is 1. The molecule has 0 aliphatic carbocycles. The Labute approximate surface area is 117 Å². The molecule has 0 aliphatic rings. The Morgan fingerprint density at radius 3 is 2.53 bits per heavy atom. The highest BCUT2D eigenvalue weighted by Crippen LogP contribution is 2.22. The van der Waals surface area contributed by atoms with E-state index in [2.05, 4.69) is 4.98 Å². The van der Waals surface area contributed by atoms with Crippen LogP contribution in [0.3, 0.4) is 0 Å². The Balaban J connectivity index is 3.00. The minimum Gasteiger partial charge on any atom is -0.491 e. The SMILES string of the molecule is CCCOc1cccnc1S(=O)(=O)CCS(=O)(=O)Cl. The zero-order valence-corrected chi connectivity index (χ0v) is 12.6. The number of hydrogen-bond donors (Lipinski definition) is 0. The summed E-state index contributed by atoms with van der Waals surface area (Å²) in [5, 5.41) is -0.260. The molecule has 0 amide bonds. The number of rotatable bonds is 7. The van der Waals surface area contributed by atoms with Crippen LogP contribution in [0.15, 0.2) is 23.4 Å². The average Bonchev–Trinajstić information content (AvgIpc) is 2.34. The van der Waals surface area contributed by atoms with Crippen molar-refractivity contribution in [3.8, 4) is 5.75 Å². The second-order valence-electron chi connectivity index (χ2n) is 3.72. The fourth-order valence-corrected chi connectivity index (χ4v) is 4.33. The summed E-state index contributed by atoms with van der Waals surface area (Å²) in [5.41, 5.74) is 0. The van der Waals surface area contributed by atoms with Gasteiger partial charge in [-0.25, -0.2) is 21.8 Å². The van der Waals surface area contributed by atoms with Gasteiger partial charge in [0.2, 0.25) is 9.05 Å². The molecule has 0 aromatic carbocycles. The molecule has 0 unspecified atom stereocenters. The normalized spacial score (nSPS) is 12.3. The van der Waals surface area contributed by atoms with Gasteiger partial charge < -0.3 is 4.74 Å². The molecule has 1 heterocycles. The van der Waals surface area contributed by atoms with E-state index in [-0.39, 0.29) is 10.8 Å². The van der Waals surface area contributed by atoms with E-state index >= 15 is 0 Å². The van der Waals surface area contributed by atoms with Gasteiger partial charge in [0, 0.05) is 16.9 Å². The molecular weight excluding hydrogens is 314 g/mol. The molecule has 0 N–H and O–H groups in total. The molecule has 1 rings (SSSR count). The lowest BCUT2D eigenvalue weighted by Crippen LogP contribution is -2.16. The van der Waals surface area contributed by atoms with Crippen molar-refractivity contribution in [3.05, 3.63) is 18.3 Å². The van der Waals surface area contributed by atoms with Crippen molar-refractivity contribution in [1.82, 2.24) is 4.98 Å². The standard InChI is InChI=1S/C10H14ClNO5S2/c1-2-6-17-9-4-3-5-12-10(9)18(13,14)7-8-19(11,15)16/h3-5H,2,6-8H2,1H3. The molecule has 0 spiro atoms. The quantitative estimate of drug-likeness (QED) is 0.699. The van der Waals surface area contributed by atoms with E-state index in [1.54, 1.807) is 6.07 Å². The molecular formula is C10H14ClNO5S2. The molecule has 0 saturated heterocycles. The van der Waals surface area contributed by atoms with Crippen LogP contribution in [0.5, 0.6) is 5.75 Å². The van der Waals surface area contributed by atoms with Crippen LogP contribution in [-0.2, 0) is 18.9 Å². The lowest BCUT2D eigenvalue weighted by molar-refractivity contribution is 0.306. The molecule has 0 bridgehead atoms. The van der Waals surface area contributed by atoms with Gasteiger partial charge in [-0.15, -0.1) is 0 Å². The van der Waals surface area contributed by atoms with Gasteiger partial charge in [0.25, 0.3) is 0 Å². The van der Waals surface area contributed by atoms with Crippen LogP contribution in [-0.4, -0.2) is 39.9 Å². The van der Waals surface area contributed by atoms with Crippen LogP contribution in [0.25, 0.3) is 0 Å². The van der Waals surface area contributed by atoms with Gasteiger partial charge in [0.1, 0.15) is 0 Å². The zero-order chi connectivity index (χ0) is 14.5. The Bertz CT molecular complexity index is 627. The van der Waals surface area contributed by atoms with Crippen LogP contribution in [0.4, 0.5) is 0 Å².